The van der Waals surface area contributed by atoms with Gasteiger partial charge < -0.3 is 0 Å². The summed E-state index contributed by atoms with van der Waals surface area (Å²) in [5.41, 5.74) is 0.422. The molecule has 0 N–H and O–H groups in total. The monoisotopic (exact) mass is 228 g/mol. The summed E-state index contributed by atoms with van der Waals surface area (Å²) in [5.74, 6) is -0.0915. The molecule has 82 valence electrons. The third-order valence-corrected chi connectivity index (χ3v) is 2.83. The van der Waals surface area contributed by atoms with Gasteiger partial charge >= 0.3 is 0 Å². The van der Waals surface area contributed by atoms with Crippen LogP contribution in [0.1, 0.15) is 23.2 Å². The molecule has 0 radical (unpaired) electrons. The van der Waals surface area contributed by atoms with Crippen molar-refractivity contribution in [2.24, 2.45) is 0 Å². The van der Waals surface area contributed by atoms with Gasteiger partial charge in [-0.15, -0.1) is 0 Å². The fourth-order valence-electron chi connectivity index (χ4n) is 1.08. The molecule has 0 amide bonds. The normalized spacial score (nSPS) is 11.3. The maximum absolute atomic E-state index is 11.5. The second-order valence-electron chi connectivity index (χ2n) is 3.28. The molecule has 0 saturated carbocycles. The first-order valence-electron chi connectivity index (χ1n) is 4.45. The quantitative estimate of drug-likeness (QED) is 0.685. The molecule has 0 aromatic carbocycles. The van der Waals surface area contributed by atoms with Crippen molar-refractivity contribution in [1.29, 1.82) is 0 Å². The summed E-state index contributed by atoms with van der Waals surface area (Å²) < 4.78 is 21.6. The second kappa shape index (κ2) is 4.97. The van der Waals surface area contributed by atoms with Gasteiger partial charge in [-0.1, -0.05) is 0 Å². The van der Waals surface area contributed by atoms with E-state index >= 15 is 0 Å². The van der Waals surface area contributed by atoms with E-state index in [1.165, 1.54) is 18.7 Å². The van der Waals surface area contributed by atoms with Crippen molar-refractivity contribution < 1.29 is 13.2 Å². The van der Waals surface area contributed by atoms with Crippen molar-refractivity contribution in [3.63, 3.8) is 0 Å². The maximum Gasteiger partial charge on any atom is 0.166 e. The third-order valence-electron chi connectivity index (χ3n) is 1.80. The lowest BCUT2D eigenvalue weighted by molar-refractivity contribution is 0.0981. The fraction of sp³-hybridized carbons (Fsp3) is 0.444. The topological polar surface area (TPSA) is 77.0 Å². The first-order valence-corrected chi connectivity index (χ1v) is 6.51. The van der Waals surface area contributed by atoms with Crippen molar-refractivity contribution in [1.82, 2.24) is 9.97 Å². The Balaban J connectivity index is 2.45. The maximum atomic E-state index is 11.5. The molecule has 1 aromatic rings. The van der Waals surface area contributed by atoms with Crippen molar-refractivity contribution in [3.05, 3.63) is 24.3 Å². The highest BCUT2D eigenvalue weighted by Gasteiger charge is 2.08. The van der Waals surface area contributed by atoms with E-state index in [1.807, 2.05) is 0 Å². The van der Waals surface area contributed by atoms with Crippen LogP contribution in [0.15, 0.2) is 18.7 Å². The van der Waals surface area contributed by atoms with E-state index in [4.69, 9.17) is 0 Å². The van der Waals surface area contributed by atoms with E-state index in [2.05, 4.69) is 9.97 Å². The Morgan fingerprint density at radius 3 is 2.47 bits per heavy atom. The largest absolute Gasteiger partial charge is 0.294 e. The number of nitrogens with zero attached hydrogens (tertiary/aromatic N) is 2. The molecule has 0 aliphatic carbocycles. The highest BCUT2D eigenvalue weighted by Crippen LogP contribution is 2.03. The predicted molar refractivity (Wildman–Crippen MR) is 55.3 cm³/mol. The lowest BCUT2D eigenvalue weighted by Crippen LogP contribution is -2.07. The van der Waals surface area contributed by atoms with E-state index in [0.717, 1.165) is 6.26 Å². The molecule has 0 saturated heterocycles. The molecule has 1 aromatic heterocycles. The number of carbonyl (C=O) groups is 1. The molecule has 0 atom stereocenters. The number of hydrogen-bond acceptors (Lipinski definition) is 5. The van der Waals surface area contributed by atoms with Gasteiger partial charge in [-0.2, -0.15) is 0 Å². The molecule has 1 heterocycles. The fourth-order valence-corrected chi connectivity index (χ4v) is 1.75. The summed E-state index contributed by atoms with van der Waals surface area (Å²) in [4.78, 5) is 18.9. The number of hydrogen-bond donors (Lipinski definition) is 0. The van der Waals surface area contributed by atoms with E-state index in [9.17, 15) is 13.2 Å². The predicted octanol–water partition coefficient (Wildman–Crippen LogP) is 0.484. The molecule has 0 bridgehead atoms. The van der Waals surface area contributed by atoms with Gasteiger partial charge in [-0.3, -0.25) is 4.79 Å². The number of ketones is 1. The Kier molecular flexibility index (Phi) is 3.90. The lowest BCUT2D eigenvalue weighted by Gasteiger charge is -1.99. The molecule has 0 aliphatic rings. The van der Waals surface area contributed by atoms with Gasteiger partial charge in [0.25, 0.3) is 0 Å². The second-order valence-corrected chi connectivity index (χ2v) is 5.54. The number of carbonyl (C=O) groups excluding carboxylic acids is 1. The van der Waals surface area contributed by atoms with E-state index in [1.54, 1.807) is 0 Å². The van der Waals surface area contributed by atoms with E-state index < -0.39 is 9.84 Å². The van der Waals surface area contributed by atoms with Crippen LogP contribution in [0.25, 0.3) is 0 Å². The zero-order valence-electron chi connectivity index (χ0n) is 8.38. The molecular weight excluding hydrogens is 216 g/mol. The van der Waals surface area contributed by atoms with Gasteiger partial charge in [0.2, 0.25) is 0 Å². The Labute approximate surface area is 88.5 Å². The van der Waals surface area contributed by atoms with Crippen LogP contribution in [0.2, 0.25) is 0 Å². The summed E-state index contributed by atoms with van der Waals surface area (Å²) >= 11 is 0. The summed E-state index contributed by atoms with van der Waals surface area (Å²) in [5, 5.41) is 0. The Bertz CT molecular complexity index is 428. The molecule has 0 fully saturated rings. The lowest BCUT2D eigenvalue weighted by atomic mass is 10.1. The first kappa shape index (κ1) is 11.8. The molecule has 0 aliphatic heterocycles. The standard InChI is InChI=1S/C9H12N2O3S/c1-15(13,14)4-2-3-9(12)8-5-10-7-11-6-8/h5-7H,2-4H2,1H3. The van der Waals surface area contributed by atoms with Crippen LogP contribution in [-0.2, 0) is 9.84 Å². The van der Waals surface area contributed by atoms with Crippen LogP contribution in [0.4, 0.5) is 0 Å². The van der Waals surface area contributed by atoms with Gasteiger partial charge in [-0.25, -0.2) is 18.4 Å². The summed E-state index contributed by atoms with van der Waals surface area (Å²) in [6, 6.07) is 0. The van der Waals surface area contributed by atoms with Crippen LogP contribution in [-0.4, -0.2) is 36.2 Å². The average molecular weight is 228 g/mol. The molecule has 1 rings (SSSR count). The number of rotatable bonds is 5. The van der Waals surface area contributed by atoms with Gasteiger partial charge in [0.1, 0.15) is 16.2 Å². The minimum absolute atomic E-state index is 0.0342. The molecule has 0 unspecified atom stereocenters. The van der Waals surface area contributed by atoms with Gasteiger partial charge in [0, 0.05) is 25.1 Å². The molecular formula is C9H12N2O3S. The highest BCUT2D eigenvalue weighted by atomic mass is 32.2. The van der Waals surface area contributed by atoms with Crippen LogP contribution >= 0.6 is 0 Å². The zero-order chi connectivity index (χ0) is 11.3. The van der Waals surface area contributed by atoms with E-state index in [0.29, 0.717) is 12.0 Å². The third kappa shape index (κ3) is 4.64. The van der Waals surface area contributed by atoms with Crippen LogP contribution in [0.5, 0.6) is 0 Å². The minimum atomic E-state index is -2.99. The van der Waals surface area contributed by atoms with Crippen LogP contribution in [0.3, 0.4) is 0 Å². The number of sulfone groups is 1. The van der Waals surface area contributed by atoms with Crippen molar-refractivity contribution >= 4 is 15.6 Å². The van der Waals surface area contributed by atoms with Crippen LogP contribution in [0, 0.1) is 0 Å². The smallest absolute Gasteiger partial charge is 0.166 e. The van der Waals surface area contributed by atoms with Crippen LogP contribution < -0.4 is 0 Å². The summed E-state index contributed by atoms with van der Waals surface area (Å²) in [6.07, 6.45) is 5.90. The Morgan fingerprint density at radius 1 is 1.33 bits per heavy atom. The molecule has 5 nitrogen and oxygen atoms in total. The number of Topliss-reactive ketones (excluding diaryl/α,β-unsaturated/α-hetero) is 1. The molecule has 15 heavy (non-hydrogen) atoms. The summed E-state index contributed by atoms with van der Waals surface area (Å²) in [6.45, 7) is 0. The SMILES string of the molecule is CS(=O)(=O)CCCC(=O)c1cncnc1. The van der Waals surface area contributed by atoms with Crippen molar-refractivity contribution in [3.8, 4) is 0 Å². The Hall–Kier alpha value is -1.30. The van der Waals surface area contributed by atoms with Crippen molar-refractivity contribution in [2.75, 3.05) is 12.0 Å². The van der Waals surface area contributed by atoms with E-state index in [-0.39, 0.29) is 18.0 Å². The molecule has 6 heteroatoms. The van der Waals surface area contributed by atoms with Gasteiger partial charge in [-0.05, 0) is 6.42 Å². The zero-order valence-corrected chi connectivity index (χ0v) is 9.20. The summed E-state index contributed by atoms with van der Waals surface area (Å²) in [7, 11) is -2.99. The Morgan fingerprint density at radius 2 is 1.93 bits per heavy atom. The molecule has 0 spiro atoms. The van der Waals surface area contributed by atoms with Crippen molar-refractivity contribution in [2.45, 2.75) is 12.8 Å². The first-order chi connectivity index (χ1) is 6.99. The van der Waals surface area contributed by atoms with Gasteiger partial charge in [0.05, 0.1) is 11.3 Å². The minimum Gasteiger partial charge on any atom is -0.294 e. The average Bonchev–Trinajstić information content (AvgIpc) is 2.17. The number of aromatic nitrogens is 2. The highest BCUT2D eigenvalue weighted by molar-refractivity contribution is 7.90. The van der Waals surface area contributed by atoms with Gasteiger partial charge in [0.15, 0.2) is 5.78 Å².